The zero-order valence-electron chi connectivity index (χ0n) is 18.2. The Balaban J connectivity index is 1.42. The van der Waals surface area contributed by atoms with Gasteiger partial charge in [-0.2, -0.15) is 0 Å². The number of amides is 1. The summed E-state index contributed by atoms with van der Waals surface area (Å²) >= 11 is 3.22. The lowest BCUT2D eigenvalue weighted by molar-refractivity contribution is -0.136. The summed E-state index contributed by atoms with van der Waals surface area (Å²) in [4.78, 5) is 29.1. The minimum Gasteiger partial charge on any atom is -0.496 e. The van der Waals surface area contributed by atoms with Gasteiger partial charge in [0.1, 0.15) is 12.3 Å². The quantitative estimate of drug-likeness (QED) is 0.682. The van der Waals surface area contributed by atoms with Crippen molar-refractivity contribution in [2.45, 2.75) is 42.0 Å². The van der Waals surface area contributed by atoms with Crippen molar-refractivity contribution >= 4 is 29.0 Å². The lowest BCUT2D eigenvalue weighted by atomic mass is 9.74. The molecule has 1 saturated heterocycles. The fourth-order valence-corrected chi connectivity index (χ4v) is 9.55. The molecule has 0 radical (unpaired) electrons. The van der Waals surface area contributed by atoms with Crippen molar-refractivity contribution in [3.8, 4) is 5.75 Å². The van der Waals surface area contributed by atoms with Gasteiger partial charge in [-0.05, 0) is 43.1 Å². The molecule has 3 fully saturated rings. The second kappa shape index (κ2) is 8.22. The predicted molar refractivity (Wildman–Crippen MR) is 125 cm³/mol. The van der Waals surface area contributed by atoms with E-state index in [-0.39, 0.29) is 23.2 Å². The fourth-order valence-electron chi connectivity index (χ4n) is 6.41. The molecule has 1 aromatic carbocycles. The van der Waals surface area contributed by atoms with E-state index in [4.69, 9.17) is 9.47 Å². The smallest absolute Gasteiger partial charge is 0.308 e. The molecule has 1 amide bonds. The third-order valence-electron chi connectivity index (χ3n) is 7.82. The Morgan fingerprint density at radius 2 is 1.97 bits per heavy atom. The average Bonchev–Trinajstić information content (AvgIpc) is 3.52. The van der Waals surface area contributed by atoms with Crippen LogP contribution >= 0.6 is 23.1 Å². The number of methoxy groups -OCH3 is 1. The summed E-state index contributed by atoms with van der Waals surface area (Å²) < 4.78 is 12.9. The van der Waals surface area contributed by atoms with Crippen LogP contribution in [0.5, 0.6) is 5.75 Å². The van der Waals surface area contributed by atoms with Crippen LogP contribution < -0.4 is 9.61 Å². The van der Waals surface area contributed by atoms with E-state index in [2.05, 4.69) is 12.1 Å². The SMILES string of the molecule is COc1ccccc1[C@@H]1c2sc(=O)n(CC(=O)N3CCOCC3)c2S[C@@H]2[C@H]3CC[C@@H](C3)[C@@H]12. The van der Waals surface area contributed by atoms with Gasteiger partial charge in [-0.3, -0.25) is 14.2 Å². The zero-order valence-corrected chi connectivity index (χ0v) is 19.8. The molecule has 32 heavy (non-hydrogen) atoms. The molecule has 2 saturated carbocycles. The van der Waals surface area contributed by atoms with Crippen molar-refractivity contribution in [1.82, 2.24) is 9.47 Å². The predicted octanol–water partition coefficient (Wildman–Crippen LogP) is 3.43. The first kappa shape index (κ1) is 20.8. The second-order valence-electron chi connectivity index (χ2n) is 9.33. The monoisotopic (exact) mass is 472 g/mol. The summed E-state index contributed by atoms with van der Waals surface area (Å²) in [5.41, 5.74) is 1.19. The minimum atomic E-state index is -0.0173. The van der Waals surface area contributed by atoms with Crippen LogP contribution in [0.4, 0.5) is 0 Å². The molecule has 8 heteroatoms. The topological polar surface area (TPSA) is 60.8 Å². The van der Waals surface area contributed by atoms with Crippen LogP contribution in [0.3, 0.4) is 0 Å². The molecule has 2 bridgehead atoms. The van der Waals surface area contributed by atoms with Crippen molar-refractivity contribution < 1.29 is 14.3 Å². The normalized spacial score (nSPS) is 30.8. The van der Waals surface area contributed by atoms with Crippen LogP contribution in [0.1, 0.15) is 35.6 Å². The Morgan fingerprint density at radius 3 is 2.78 bits per heavy atom. The molecule has 0 spiro atoms. The van der Waals surface area contributed by atoms with Crippen molar-refractivity contribution in [3.05, 3.63) is 44.4 Å². The molecule has 0 N–H and O–H groups in total. The van der Waals surface area contributed by atoms with Gasteiger partial charge in [0, 0.05) is 34.7 Å². The van der Waals surface area contributed by atoms with Gasteiger partial charge in [-0.25, -0.2) is 0 Å². The lowest BCUT2D eigenvalue weighted by Crippen LogP contribution is -2.43. The number of morpholine rings is 1. The van der Waals surface area contributed by atoms with Gasteiger partial charge in [0.2, 0.25) is 5.91 Å². The number of rotatable bonds is 4. The molecule has 6 rings (SSSR count). The maximum atomic E-state index is 13.2. The van der Waals surface area contributed by atoms with Crippen LogP contribution in [-0.4, -0.2) is 54.0 Å². The zero-order chi connectivity index (χ0) is 21.8. The molecule has 6 nitrogen and oxygen atoms in total. The largest absolute Gasteiger partial charge is 0.496 e. The van der Waals surface area contributed by atoms with E-state index in [9.17, 15) is 9.59 Å². The lowest BCUT2D eigenvalue weighted by Gasteiger charge is -2.41. The van der Waals surface area contributed by atoms with Gasteiger partial charge in [-0.1, -0.05) is 29.5 Å². The fraction of sp³-hybridized carbons (Fsp3) is 0.583. The van der Waals surface area contributed by atoms with E-state index in [0.717, 1.165) is 15.7 Å². The van der Waals surface area contributed by atoms with Crippen LogP contribution in [-0.2, 0) is 16.1 Å². The maximum Gasteiger partial charge on any atom is 0.308 e. The Hall–Kier alpha value is -1.77. The van der Waals surface area contributed by atoms with Gasteiger partial charge >= 0.3 is 4.87 Å². The highest BCUT2D eigenvalue weighted by Crippen LogP contribution is 2.64. The first-order valence-corrected chi connectivity index (χ1v) is 13.2. The number of ether oxygens (including phenoxy) is 2. The molecule has 2 aliphatic heterocycles. The van der Waals surface area contributed by atoms with Gasteiger partial charge in [-0.15, -0.1) is 11.8 Å². The molecule has 3 heterocycles. The summed E-state index contributed by atoms with van der Waals surface area (Å²) in [6.45, 7) is 2.47. The minimum absolute atomic E-state index is 0.0144. The third-order valence-corrected chi connectivity index (χ3v) is 10.6. The number of benzene rings is 1. The highest BCUT2D eigenvalue weighted by Gasteiger charge is 2.55. The number of thioether (sulfide) groups is 1. The number of hydrogen-bond donors (Lipinski definition) is 0. The summed E-state index contributed by atoms with van der Waals surface area (Å²) in [5.74, 6) is 3.03. The van der Waals surface area contributed by atoms with E-state index in [0.29, 0.717) is 49.3 Å². The summed E-state index contributed by atoms with van der Waals surface area (Å²) in [6.07, 6.45) is 3.87. The molecule has 1 aromatic heterocycles. The first-order valence-electron chi connectivity index (χ1n) is 11.5. The number of nitrogens with zero attached hydrogens (tertiary/aromatic N) is 2. The summed E-state index contributed by atoms with van der Waals surface area (Å²) in [7, 11) is 1.73. The number of hydrogen-bond acceptors (Lipinski definition) is 6. The van der Waals surface area contributed by atoms with E-state index >= 15 is 0 Å². The van der Waals surface area contributed by atoms with Gasteiger partial charge in [0.15, 0.2) is 0 Å². The number of carbonyl (C=O) groups is 1. The highest BCUT2D eigenvalue weighted by molar-refractivity contribution is 8.00. The molecule has 0 unspecified atom stereocenters. The number of carbonyl (C=O) groups excluding carboxylic acids is 1. The Bertz CT molecular complexity index is 1090. The van der Waals surface area contributed by atoms with Crippen molar-refractivity contribution in [2.75, 3.05) is 33.4 Å². The van der Waals surface area contributed by atoms with E-state index in [1.165, 1.54) is 36.2 Å². The first-order chi connectivity index (χ1) is 15.7. The number of para-hydroxylation sites is 1. The van der Waals surface area contributed by atoms with Crippen LogP contribution in [0.2, 0.25) is 0 Å². The van der Waals surface area contributed by atoms with E-state index < -0.39 is 0 Å². The number of thiazole rings is 1. The van der Waals surface area contributed by atoms with Crippen LogP contribution in [0, 0.1) is 17.8 Å². The maximum absolute atomic E-state index is 13.2. The molecular weight excluding hydrogens is 444 g/mol. The molecule has 2 aliphatic carbocycles. The Labute approximate surface area is 195 Å². The number of fused-ring (bicyclic) bond motifs is 6. The van der Waals surface area contributed by atoms with Crippen LogP contribution in [0.15, 0.2) is 34.1 Å². The molecule has 170 valence electrons. The van der Waals surface area contributed by atoms with Crippen molar-refractivity contribution in [3.63, 3.8) is 0 Å². The standard InChI is InChI=1S/C24H28N2O4S2/c1-29-17-5-3-2-4-16(17)20-19-14-6-7-15(12-14)21(19)31-23-22(20)32-24(28)26(23)13-18(27)25-8-10-30-11-9-25/h2-5,14-15,19-21H,6-13H2,1H3/t14-,15-,19-,20-,21+/m0/s1. The molecule has 4 aliphatic rings. The van der Waals surface area contributed by atoms with Gasteiger partial charge in [0.05, 0.1) is 25.3 Å². The van der Waals surface area contributed by atoms with Crippen molar-refractivity contribution in [2.24, 2.45) is 17.8 Å². The third kappa shape index (κ3) is 3.25. The van der Waals surface area contributed by atoms with Gasteiger partial charge in [0.25, 0.3) is 0 Å². The van der Waals surface area contributed by atoms with Crippen LogP contribution in [0.25, 0.3) is 0 Å². The van der Waals surface area contributed by atoms with E-state index in [1.807, 2.05) is 28.8 Å². The van der Waals surface area contributed by atoms with E-state index in [1.54, 1.807) is 11.7 Å². The highest BCUT2D eigenvalue weighted by atomic mass is 32.2. The number of aromatic nitrogens is 1. The summed E-state index contributed by atoms with van der Waals surface area (Å²) in [6, 6.07) is 8.28. The van der Waals surface area contributed by atoms with Crippen molar-refractivity contribution in [1.29, 1.82) is 0 Å². The van der Waals surface area contributed by atoms with Gasteiger partial charge < -0.3 is 14.4 Å². The molecule has 5 atom stereocenters. The Kier molecular flexibility index (Phi) is 5.35. The average molecular weight is 473 g/mol. The molecule has 2 aromatic rings. The Morgan fingerprint density at radius 1 is 1.19 bits per heavy atom. The second-order valence-corrected chi connectivity index (χ2v) is 11.5. The summed E-state index contributed by atoms with van der Waals surface area (Å²) in [5, 5.41) is 1.53. The molecular formula is C24H28N2O4S2.